The molecule has 0 aromatic heterocycles. The summed E-state index contributed by atoms with van der Waals surface area (Å²) in [5, 5.41) is 13.5. The maximum absolute atomic E-state index is 13.2. The van der Waals surface area contributed by atoms with Crippen molar-refractivity contribution >= 4 is 23.2 Å². The van der Waals surface area contributed by atoms with Gasteiger partial charge in [-0.25, -0.2) is 8.78 Å². The van der Waals surface area contributed by atoms with Gasteiger partial charge in [-0.3, -0.25) is 0 Å². The van der Waals surface area contributed by atoms with Crippen LogP contribution in [0.2, 0.25) is 10.0 Å². The lowest BCUT2D eigenvalue weighted by Gasteiger charge is -2.15. The Morgan fingerprint density at radius 1 is 1.14 bits per heavy atom. The molecule has 2 rings (SSSR count). The number of hydrogen-bond acceptors (Lipinski definition) is 2. The first-order chi connectivity index (χ1) is 9.88. The van der Waals surface area contributed by atoms with E-state index >= 15 is 0 Å². The summed E-state index contributed by atoms with van der Waals surface area (Å²) in [5.41, 5.74) is 1.13. The molecule has 0 amide bonds. The number of benzene rings is 2. The topological polar surface area (TPSA) is 32.3 Å². The molecule has 0 heterocycles. The van der Waals surface area contributed by atoms with Gasteiger partial charge in [0.1, 0.15) is 5.75 Å². The zero-order valence-corrected chi connectivity index (χ0v) is 12.6. The molecule has 0 aliphatic carbocycles. The molecule has 0 fully saturated rings. The summed E-state index contributed by atoms with van der Waals surface area (Å²) >= 11 is 11.7. The van der Waals surface area contributed by atoms with Crippen LogP contribution in [0.3, 0.4) is 0 Å². The standard InChI is InChI=1S/C15H13Cl2F2NO/c1-8(9-2-3-13(18)14(19)5-9)20-7-10-4-11(16)6-12(17)15(10)21/h2-6,8,20-21H,7H2,1H3. The van der Waals surface area contributed by atoms with Crippen molar-refractivity contribution in [1.29, 1.82) is 0 Å². The summed E-state index contributed by atoms with van der Waals surface area (Å²) < 4.78 is 26.1. The molecular weight excluding hydrogens is 319 g/mol. The highest BCUT2D eigenvalue weighted by molar-refractivity contribution is 6.35. The zero-order valence-electron chi connectivity index (χ0n) is 11.1. The van der Waals surface area contributed by atoms with E-state index < -0.39 is 11.6 Å². The van der Waals surface area contributed by atoms with Gasteiger partial charge in [-0.05, 0) is 36.8 Å². The summed E-state index contributed by atoms with van der Waals surface area (Å²) in [7, 11) is 0. The van der Waals surface area contributed by atoms with Gasteiger partial charge in [-0.1, -0.05) is 29.3 Å². The van der Waals surface area contributed by atoms with Crippen LogP contribution in [0.15, 0.2) is 30.3 Å². The highest BCUT2D eigenvalue weighted by Gasteiger charge is 2.12. The Morgan fingerprint density at radius 3 is 2.52 bits per heavy atom. The lowest BCUT2D eigenvalue weighted by Crippen LogP contribution is -2.18. The van der Waals surface area contributed by atoms with Crippen molar-refractivity contribution in [2.75, 3.05) is 0 Å². The van der Waals surface area contributed by atoms with Crippen LogP contribution >= 0.6 is 23.2 Å². The Balaban J connectivity index is 2.10. The molecule has 2 nitrogen and oxygen atoms in total. The molecule has 2 N–H and O–H groups in total. The van der Waals surface area contributed by atoms with Crippen LogP contribution < -0.4 is 5.32 Å². The summed E-state index contributed by atoms with van der Waals surface area (Å²) in [6.07, 6.45) is 0. The fourth-order valence-corrected chi connectivity index (χ4v) is 2.45. The molecule has 0 saturated carbocycles. The lowest BCUT2D eigenvalue weighted by molar-refractivity contribution is 0.460. The first-order valence-electron chi connectivity index (χ1n) is 6.23. The van der Waals surface area contributed by atoms with Gasteiger partial charge in [0, 0.05) is 23.2 Å². The predicted octanol–water partition coefficient (Wildman–Crippen LogP) is 4.83. The van der Waals surface area contributed by atoms with Crippen LogP contribution in [0.5, 0.6) is 5.75 Å². The van der Waals surface area contributed by atoms with Gasteiger partial charge in [0.2, 0.25) is 0 Å². The minimum atomic E-state index is -0.894. The van der Waals surface area contributed by atoms with Crippen LogP contribution in [-0.2, 0) is 6.54 Å². The van der Waals surface area contributed by atoms with Crippen LogP contribution in [-0.4, -0.2) is 5.11 Å². The molecule has 0 spiro atoms. The van der Waals surface area contributed by atoms with E-state index in [2.05, 4.69) is 5.32 Å². The summed E-state index contributed by atoms with van der Waals surface area (Å²) in [4.78, 5) is 0. The van der Waals surface area contributed by atoms with Crippen molar-refractivity contribution in [2.45, 2.75) is 19.5 Å². The average Bonchev–Trinajstić information content (AvgIpc) is 2.43. The molecule has 21 heavy (non-hydrogen) atoms. The Hall–Kier alpha value is -1.36. The van der Waals surface area contributed by atoms with E-state index in [0.717, 1.165) is 12.1 Å². The predicted molar refractivity (Wildman–Crippen MR) is 79.7 cm³/mol. The smallest absolute Gasteiger partial charge is 0.159 e. The van der Waals surface area contributed by atoms with E-state index in [1.54, 1.807) is 13.0 Å². The Morgan fingerprint density at radius 2 is 1.86 bits per heavy atom. The van der Waals surface area contributed by atoms with Crippen molar-refractivity contribution < 1.29 is 13.9 Å². The SMILES string of the molecule is CC(NCc1cc(Cl)cc(Cl)c1O)c1ccc(F)c(F)c1. The monoisotopic (exact) mass is 331 g/mol. The van der Waals surface area contributed by atoms with Gasteiger partial charge >= 0.3 is 0 Å². The van der Waals surface area contributed by atoms with Crippen LogP contribution in [0.4, 0.5) is 8.78 Å². The fraction of sp³-hybridized carbons (Fsp3) is 0.200. The zero-order chi connectivity index (χ0) is 15.6. The van der Waals surface area contributed by atoms with E-state index in [0.29, 0.717) is 16.1 Å². The highest BCUT2D eigenvalue weighted by Crippen LogP contribution is 2.31. The molecule has 6 heteroatoms. The molecule has 2 aromatic rings. The second-order valence-electron chi connectivity index (χ2n) is 4.67. The Kier molecular flexibility index (Phi) is 5.04. The van der Waals surface area contributed by atoms with Gasteiger partial charge in [0.05, 0.1) is 5.02 Å². The molecule has 1 unspecified atom stereocenters. The second kappa shape index (κ2) is 6.60. The van der Waals surface area contributed by atoms with Gasteiger partial charge < -0.3 is 10.4 Å². The van der Waals surface area contributed by atoms with Gasteiger partial charge in [-0.2, -0.15) is 0 Å². The fourth-order valence-electron chi connectivity index (χ4n) is 1.92. The van der Waals surface area contributed by atoms with Gasteiger partial charge in [-0.15, -0.1) is 0 Å². The van der Waals surface area contributed by atoms with Gasteiger partial charge in [0.15, 0.2) is 11.6 Å². The molecule has 1 atom stereocenters. The maximum atomic E-state index is 13.2. The first-order valence-corrected chi connectivity index (χ1v) is 6.99. The van der Waals surface area contributed by atoms with Crippen molar-refractivity contribution in [3.63, 3.8) is 0 Å². The number of phenols is 1. The molecule has 2 aromatic carbocycles. The molecule has 0 aliphatic heterocycles. The highest BCUT2D eigenvalue weighted by atomic mass is 35.5. The molecule has 0 radical (unpaired) electrons. The van der Waals surface area contributed by atoms with E-state index in [9.17, 15) is 13.9 Å². The third-order valence-corrected chi connectivity index (χ3v) is 3.66. The van der Waals surface area contributed by atoms with Crippen LogP contribution in [0.1, 0.15) is 24.1 Å². The molecular formula is C15H13Cl2F2NO. The number of halogens is 4. The van der Waals surface area contributed by atoms with Crippen molar-refractivity contribution in [3.05, 3.63) is 63.1 Å². The second-order valence-corrected chi connectivity index (χ2v) is 5.52. The number of rotatable bonds is 4. The van der Waals surface area contributed by atoms with Crippen LogP contribution in [0.25, 0.3) is 0 Å². The number of hydrogen-bond donors (Lipinski definition) is 2. The number of aromatic hydroxyl groups is 1. The third kappa shape index (κ3) is 3.84. The van der Waals surface area contributed by atoms with Crippen molar-refractivity contribution in [2.24, 2.45) is 0 Å². The summed E-state index contributed by atoms with van der Waals surface area (Å²) in [6.45, 7) is 2.09. The van der Waals surface area contributed by atoms with Crippen LogP contribution in [0, 0.1) is 11.6 Å². The quantitative estimate of drug-likeness (QED) is 0.841. The number of phenolic OH excluding ortho intramolecular Hbond substituents is 1. The minimum Gasteiger partial charge on any atom is -0.506 e. The van der Waals surface area contributed by atoms with E-state index in [4.69, 9.17) is 23.2 Å². The van der Waals surface area contributed by atoms with E-state index in [1.807, 2.05) is 0 Å². The normalized spacial score (nSPS) is 12.4. The van der Waals surface area contributed by atoms with Crippen molar-refractivity contribution in [3.8, 4) is 5.75 Å². The molecule has 0 saturated heterocycles. The van der Waals surface area contributed by atoms with E-state index in [1.165, 1.54) is 12.1 Å². The first kappa shape index (κ1) is 16.0. The summed E-state index contributed by atoms with van der Waals surface area (Å²) in [5.74, 6) is -1.83. The molecule has 0 aliphatic rings. The Bertz CT molecular complexity index is 664. The molecule has 0 bridgehead atoms. The molecule has 112 valence electrons. The summed E-state index contributed by atoms with van der Waals surface area (Å²) in [6, 6.07) is 6.52. The maximum Gasteiger partial charge on any atom is 0.159 e. The Labute approximate surface area is 131 Å². The van der Waals surface area contributed by atoms with Gasteiger partial charge in [0.25, 0.3) is 0 Å². The number of nitrogens with one attached hydrogen (secondary N) is 1. The average molecular weight is 332 g/mol. The van der Waals surface area contributed by atoms with E-state index in [-0.39, 0.29) is 23.4 Å². The minimum absolute atomic E-state index is 0.0500. The third-order valence-electron chi connectivity index (χ3n) is 3.15. The van der Waals surface area contributed by atoms with Crippen molar-refractivity contribution in [1.82, 2.24) is 5.32 Å². The lowest BCUT2D eigenvalue weighted by atomic mass is 10.1. The largest absolute Gasteiger partial charge is 0.506 e.